The first-order valence-corrected chi connectivity index (χ1v) is 23.2. The second-order valence-corrected chi connectivity index (χ2v) is 20.1. The monoisotopic (exact) mass is 921 g/mol. The van der Waals surface area contributed by atoms with Crippen LogP contribution in [0.5, 0.6) is 0 Å². The first kappa shape index (κ1) is 54.7. The van der Waals surface area contributed by atoms with Crippen molar-refractivity contribution in [3.05, 3.63) is 71.8 Å². The molecule has 0 aliphatic carbocycles. The first-order chi connectivity index (χ1) is 30.9. The maximum absolute atomic E-state index is 14.4. The lowest BCUT2D eigenvalue weighted by molar-refractivity contribution is -0.155. The summed E-state index contributed by atoms with van der Waals surface area (Å²) in [6.45, 7) is 18.5. The Balaban J connectivity index is 1.78. The fourth-order valence-electron chi connectivity index (χ4n) is 7.33. The number of hydrogen-bond acceptors (Lipinski definition) is 10. The van der Waals surface area contributed by atoms with E-state index in [4.69, 9.17) is 14.2 Å². The summed E-state index contributed by atoms with van der Waals surface area (Å²) in [6.07, 6.45) is 1.19. The Bertz CT molecular complexity index is 1920. The average molecular weight is 921 g/mol. The minimum Gasteiger partial charge on any atom is -0.463 e. The number of ether oxygens (including phenoxy) is 3. The molecule has 1 heterocycles. The van der Waals surface area contributed by atoms with Crippen LogP contribution in [0.3, 0.4) is 0 Å². The van der Waals surface area contributed by atoms with Gasteiger partial charge < -0.3 is 45.3 Å². The van der Waals surface area contributed by atoms with Gasteiger partial charge in [0.15, 0.2) is 0 Å². The smallest absolute Gasteiger partial charge is 0.410 e. The van der Waals surface area contributed by atoms with Crippen molar-refractivity contribution in [3.8, 4) is 0 Å². The molecule has 1 saturated heterocycles. The number of likely N-dealkylation sites (tertiary alicyclic amines) is 1. The molecular weight excluding hydrogens is 845 g/mol. The van der Waals surface area contributed by atoms with Gasteiger partial charge in [0.25, 0.3) is 0 Å². The van der Waals surface area contributed by atoms with Gasteiger partial charge in [-0.15, -0.1) is 0 Å². The van der Waals surface area contributed by atoms with Crippen molar-refractivity contribution < 1.29 is 47.8 Å². The number of amides is 6. The summed E-state index contributed by atoms with van der Waals surface area (Å²) in [5.74, 6) is -2.82. The van der Waals surface area contributed by atoms with Gasteiger partial charge in [0.2, 0.25) is 23.6 Å². The fourth-order valence-corrected chi connectivity index (χ4v) is 7.33. The number of benzene rings is 2. The summed E-state index contributed by atoms with van der Waals surface area (Å²) >= 11 is 0. The third-order valence-corrected chi connectivity index (χ3v) is 10.9. The Hall–Kier alpha value is -5.67. The van der Waals surface area contributed by atoms with Crippen molar-refractivity contribution in [2.45, 2.75) is 144 Å². The van der Waals surface area contributed by atoms with Gasteiger partial charge in [-0.25, -0.2) is 9.59 Å². The van der Waals surface area contributed by atoms with Crippen LogP contribution in [0, 0.1) is 17.3 Å². The SMILES string of the molecule is CC(C)C[C@@H](NC(=O)[C@@H](Cc1ccccc1)NC(=O)[C@H](C)Cc1ccccc1)C(=O)N[C@H](CCCCNC(=O)OC(C)(C)C)C(=O)N1CCC(C)(C(=O)OCCN(C)C(=O)OC(C)(C)C)C1. The van der Waals surface area contributed by atoms with Crippen molar-refractivity contribution in [1.82, 2.24) is 31.1 Å². The van der Waals surface area contributed by atoms with E-state index in [2.05, 4.69) is 21.3 Å². The zero-order valence-corrected chi connectivity index (χ0v) is 41.1. The Morgan fingerprint density at radius 2 is 1.27 bits per heavy atom. The standard InChI is InChI=1S/C50H76N6O10/c1-34(2)30-39(54-43(59)40(32-37-22-16-13-17-23-37)53-41(57)35(3)31-36-20-14-12-15-21-36)42(58)52-38(24-18-19-26-51-46(62)65-48(4,5)6)44(60)56-27-25-50(10,33-56)45(61)64-29-28-55(11)47(63)66-49(7,8)9/h12-17,20-23,34-35,38-40H,18-19,24-33H2,1-11H3,(H,51,62)(H,52,58)(H,53,57)(H,54,59)/t35-,38-,39-,40-,50?/m1/s1. The van der Waals surface area contributed by atoms with Crippen molar-refractivity contribution in [2.24, 2.45) is 17.3 Å². The zero-order valence-electron chi connectivity index (χ0n) is 41.1. The molecule has 0 saturated carbocycles. The number of esters is 1. The van der Waals surface area contributed by atoms with Crippen molar-refractivity contribution >= 4 is 41.8 Å². The molecular formula is C50H76N6O10. The van der Waals surface area contributed by atoms with Gasteiger partial charge in [-0.05, 0) is 104 Å². The van der Waals surface area contributed by atoms with E-state index < -0.39 is 76.5 Å². The van der Waals surface area contributed by atoms with Crippen LogP contribution in [-0.2, 0) is 51.0 Å². The van der Waals surface area contributed by atoms with E-state index in [0.29, 0.717) is 25.7 Å². The van der Waals surface area contributed by atoms with Crippen LogP contribution in [0.1, 0.15) is 112 Å². The molecule has 1 unspecified atom stereocenters. The zero-order chi connectivity index (χ0) is 49.2. The number of alkyl carbamates (subject to hydrolysis) is 1. The van der Waals surface area contributed by atoms with Crippen molar-refractivity contribution in [2.75, 3.05) is 39.8 Å². The lowest BCUT2D eigenvalue weighted by atomic mass is 9.90. The van der Waals surface area contributed by atoms with Gasteiger partial charge in [-0.1, -0.05) is 81.4 Å². The molecule has 0 radical (unpaired) electrons. The van der Waals surface area contributed by atoms with E-state index in [-0.39, 0.29) is 63.9 Å². The van der Waals surface area contributed by atoms with Crippen LogP contribution < -0.4 is 21.3 Å². The minimum atomic E-state index is -1.06. The van der Waals surface area contributed by atoms with Crippen molar-refractivity contribution in [3.63, 3.8) is 0 Å². The predicted octanol–water partition coefficient (Wildman–Crippen LogP) is 5.95. The molecule has 3 rings (SSSR count). The summed E-state index contributed by atoms with van der Waals surface area (Å²) in [5.41, 5.74) is -0.592. The average Bonchev–Trinajstić information content (AvgIpc) is 3.64. The van der Waals surface area contributed by atoms with Crippen molar-refractivity contribution in [1.29, 1.82) is 0 Å². The molecule has 1 fully saturated rings. The molecule has 2 aromatic rings. The van der Waals surface area contributed by atoms with E-state index >= 15 is 0 Å². The number of nitrogens with zero attached hydrogens (tertiary/aromatic N) is 2. The number of rotatable bonds is 22. The molecule has 66 heavy (non-hydrogen) atoms. The normalized spacial score (nSPS) is 16.8. The number of likely N-dealkylation sites (N-methyl/N-ethyl adjacent to an activating group) is 1. The number of carbonyl (C=O) groups is 7. The maximum Gasteiger partial charge on any atom is 0.410 e. The molecule has 1 aliphatic rings. The van der Waals surface area contributed by atoms with Crippen LogP contribution >= 0.6 is 0 Å². The predicted molar refractivity (Wildman–Crippen MR) is 252 cm³/mol. The largest absolute Gasteiger partial charge is 0.463 e. The molecule has 16 nitrogen and oxygen atoms in total. The topological polar surface area (TPSA) is 202 Å². The second-order valence-electron chi connectivity index (χ2n) is 20.1. The van der Waals surface area contributed by atoms with E-state index in [9.17, 15) is 33.6 Å². The minimum absolute atomic E-state index is 0.0366. The van der Waals surface area contributed by atoms with Crippen LogP contribution in [0.25, 0.3) is 0 Å². The summed E-state index contributed by atoms with van der Waals surface area (Å²) in [6, 6.07) is 15.8. The first-order valence-electron chi connectivity index (χ1n) is 23.2. The van der Waals surface area contributed by atoms with Gasteiger partial charge >= 0.3 is 18.2 Å². The highest BCUT2D eigenvalue weighted by molar-refractivity contribution is 5.95. The van der Waals surface area contributed by atoms with Crippen LogP contribution in [0.4, 0.5) is 9.59 Å². The fraction of sp³-hybridized carbons (Fsp3) is 0.620. The molecule has 0 aromatic heterocycles. The van der Waals surface area contributed by atoms with Gasteiger partial charge in [0.05, 0.1) is 12.0 Å². The molecule has 5 atom stereocenters. The molecule has 1 aliphatic heterocycles. The molecule has 0 bridgehead atoms. The summed E-state index contributed by atoms with van der Waals surface area (Å²) < 4.78 is 16.3. The molecule has 366 valence electrons. The van der Waals surface area contributed by atoms with Gasteiger partial charge in [-0.2, -0.15) is 0 Å². The molecule has 6 amide bonds. The van der Waals surface area contributed by atoms with Gasteiger partial charge in [0.1, 0.15) is 35.9 Å². The van der Waals surface area contributed by atoms with E-state index in [0.717, 1.165) is 11.1 Å². The molecule has 0 spiro atoms. The van der Waals surface area contributed by atoms with Gasteiger partial charge in [-0.3, -0.25) is 24.0 Å². The van der Waals surface area contributed by atoms with Gasteiger partial charge in [0, 0.05) is 39.0 Å². The molecule has 16 heteroatoms. The van der Waals surface area contributed by atoms with E-state index in [1.807, 2.05) is 74.5 Å². The van der Waals surface area contributed by atoms with Crippen LogP contribution in [0.2, 0.25) is 0 Å². The number of hydrogen-bond donors (Lipinski definition) is 4. The summed E-state index contributed by atoms with van der Waals surface area (Å²) in [5, 5.41) is 11.5. The number of nitrogens with one attached hydrogen (secondary N) is 4. The highest BCUT2D eigenvalue weighted by Crippen LogP contribution is 2.32. The van der Waals surface area contributed by atoms with Crippen LogP contribution in [0.15, 0.2) is 60.7 Å². The summed E-state index contributed by atoms with van der Waals surface area (Å²) in [7, 11) is 1.55. The van der Waals surface area contributed by atoms with E-state index in [1.54, 1.807) is 62.4 Å². The highest BCUT2D eigenvalue weighted by atomic mass is 16.6. The molecule has 4 N–H and O–H groups in total. The number of unbranched alkanes of at least 4 members (excludes halogenated alkanes) is 1. The lowest BCUT2D eigenvalue weighted by Gasteiger charge is -2.29. The Kier molecular flexibility index (Phi) is 21.0. The Morgan fingerprint density at radius 3 is 1.85 bits per heavy atom. The van der Waals surface area contributed by atoms with Crippen LogP contribution in [-0.4, -0.2) is 121 Å². The maximum atomic E-state index is 14.4. The van der Waals surface area contributed by atoms with E-state index in [1.165, 1.54) is 9.80 Å². The number of carbonyl (C=O) groups excluding carboxylic acids is 7. The quantitative estimate of drug-likeness (QED) is 0.0621. The second kappa shape index (κ2) is 25.3. The third kappa shape index (κ3) is 19.4. The third-order valence-electron chi connectivity index (χ3n) is 10.9. The Labute approximate surface area is 392 Å². The summed E-state index contributed by atoms with van der Waals surface area (Å²) in [4.78, 5) is 97.5. The molecule has 2 aromatic carbocycles. The highest BCUT2D eigenvalue weighted by Gasteiger charge is 2.45. The lowest BCUT2D eigenvalue weighted by Crippen LogP contribution is -2.58. The Morgan fingerprint density at radius 1 is 0.727 bits per heavy atom.